The Morgan fingerprint density at radius 2 is 1.87 bits per heavy atom. The van der Waals surface area contributed by atoms with Crippen LogP contribution in [0.15, 0.2) is 36.4 Å². The van der Waals surface area contributed by atoms with Crippen LogP contribution in [0.2, 0.25) is 0 Å². The van der Waals surface area contributed by atoms with Crippen molar-refractivity contribution in [3.63, 3.8) is 0 Å². The van der Waals surface area contributed by atoms with Gasteiger partial charge in [-0.15, -0.1) is 0 Å². The van der Waals surface area contributed by atoms with Crippen molar-refractivity contribution in [2.24, 2.45) is 5.73 Å². The van der Waals surface area contributed by atoms with Gasteiger partial charge in [0.2, 0.25) is 23.7 Å². The number of imidazole rings is 1. The number of fused-ring (bicyclic) bond motifs is 2. The number of nitrogens with two attached hydrogens (primary N) is 1. The fourth-order valence-corrected chi connectivity index (χ4v) is 6.24. The van der Waals surface area contributed by atoms with Gasteiger partial charge >= 0.3 is 0 Å². The normalized spacial score (nSPS) is 15.4. The highest BCUT2D eigenvalue weighted by atomic mass is 16.5. The number of nitrogens with zero attached hydrogens (tertiary/aromatic N) is 5. The summed E-state index contributed by atoms with van der Waals surface area (Å²) in [7, 11) is 1.43. The number of carbonyl (C=O) groups is 7. The molecule has 6 rings (SSSR count). The van der Waals surface area contributed by atoms with Crippen molar-refractivity contribution < 1.29 is 43.0 Å². The van der Waals surface area contributed by atoms with Gasteiger partial charge in [0.15, 0.2) is 6.61 Å². The van der Waals surface area contributed by atoms with E-state index in [1.54, 1.807) is 22.2 Å². The molecule has 2 aliphatic rings. The van der Waals surface area contributed by atoms with Gasteiger partial charge in [-0.05, 0) is 57.0 Å². The summed E-state index contributed by atoms with van der Waals surface area (Å²) in [6.45, 7) is 4.02. The molecule has 0 aliphatic carbocycles. The highest BCUT2D eigenvalue weighted by Gasteiger charge is 2.46. The summed E-state index contributed by atoms with van der Waals surface area (Å²) in [5.41, 5.74) is 7.47. The number of primary amides is 1. The summed E-state index contributed by atoms with van der Waals surface area (Å²) in [5, 5.41) is 12.0. The molecule has 270 valence electrons. The fraction of sp³-hybridized carbons (Fsp3) is 0.324. The molecule has 18 nitrogen and oxygen atoms in total. The number of carbonyl (C=O) groups excluding carboxylic acids is 7. The molecule has 1 unspecified atom stereocenters. The van der Waals surface area contributed by atoms with E-state index in [1.165, 1.54) is 37.4 Å². The Balaban J connectivity index is 1.13. The zero-order chi connectivity index (χ0) is 37.3. The average molecular weight is 714 g/mol. The third-order valence-electron chi connectivity index (χ3n) is 8.64. The number of aromatic nitrogens is 4. The van der Waals surface area contributed by atoms with Crippen molar-refractivity contribution in [3.8, 4) is 11.5 Å². The average Bonchev–Trinajstić information content (AvgIpc) is 3.75. The zero-order valence-electron chi connectivity index (χ0n) is 28.5. The van der Waals surface area contributed by atoms with E-state index in [0.29, 0.717) is 41.1 Å². The van der Waals surface area contributed by atoms with Crippen LogP contribution in [-0.4, -0.2) is 91.9 Å². The van der Waals surface area contributed by atoms with E-state index in [2.05, 4.69) is 26.0 Å². The number of rotatable bonds is 13. The molecule has 5 N–H and O–H groups in total. The molecule has 2 aromatic heterocycles. The van der Waals surface area contributed by atoms with Gasteiger partial charge in [0.05, 0.1) is 29.4 Å². The quantitative estimate of drug-likeness (QED) is 0.112. The number of amides is 7. The molecule has 0 radical (unpaired) electrons. The second kappa shape index (κ2) is 14.3. The van der Waals surface area contributed by atoms with Crippen molar-refractivity contribution in [2.75, 3.05) is 25.6 Å². The Labute approximate surface area is 295 Å². The maximum Gasteiger partial charge on any atom is 0.276 e. The zero-order valence-corrected chi connectivity index (χ0v) is 28.5. The highest BCUT2D eigenvalue weighted by Crippen LogP contribution is 2.34. The summed E-state index contributed by atoms with van der Waals surface area (Å²) in [4.78, 5) is 93.9. The minimum Gasteiger partial charge on any atom is -0.494 e. The number of ether oxygens (including phenoxy) is 2. The van der Waals surface area contributed by atoms with Crippen LogP contribution < -0.4 is 31.2 Å². The van der Waals surface area contributed by atoms with Crippen molar-refractivity contribution in [2.45, 2.75) is 52.2 Å². The Hall–Kier alpha value is -6.59. The first-order valence-corrected chi connectivity index (χ1v) is 16.4. The number of anilines is 1. The SMILES string of the molecule is CCn1nc(C)cc1C(=O)Nc1nc2cc(C(N)=O)cc(OC)c2n1CCCNC(=O)COc1cccc2c1C(=O)N(C1CCC(=O)NC1=O)C2=O. The molecule has 7 amide bonds. The second-order valence-electron chi connectivity index (χ2n) is 12.1. The number of piperidine rings is 1. The summed E-state index contributed by atoms with van der Waals surface area (Å²) >= 11 is 0. The van der Waals surface area contributed by atoms with E-state index in [1.807, 2.05) is 6.92 Å². The third kappa shape index (κ3) is 6.64. The van der Waals surface area contributed by atoms with Crippen LogP contribution in [0.25, 0.3) is 11.0 Å². The van der Waals surface area contributed by atoms with E-state index in [9.17, 15) is 33.6 Å². The Bertz CT molecular complexity index is 2170. The Kier molecular flexibility index (Phi) is 9.71. The van der Waals surface area contributed by atoms with E-state index in [-0.39, 0.29) is 54.3 Å². The predicted molar refractivity (Wildman–Crippen MR) is 182 cm³/mol. The van der Waals surface area contributed by atoms with Crippen LogP contribution in [-0.2, 0) is 27.5 Å². The van der Waals surface area contributed by atoms with Crippen LogP contribution in [0.1, 0.15) is 73.4 Å². The molecule has 0 spiro atoms. The number of methoxy groups -OCH3 is 1. The number of aryl methyl sites for hydroxylation is 3. The summed E-state index contributed by atoms with van der Waals surface area (Å²) in [5.74, 6) is -3.87. The molecule has 4 aromatic rings. The number of nitrogens with one attached hydrogen (secondary N) is 3. The van der Waals surface area contributed by atoms with E-state index < -0.39 is 54.0 Å². The highest BCUT2D eigenvalue weighted by molar-refractivity contribution is 6.24. The Morgan fingerprint density at radius 1 is 1.08 bits per heavy atom. The minimum atomic E-state index is -1.14. The van der Waals surface area contributed by atoms with Crippen molar-refractivity contribution in [1.82, 2.24) is 34.9 Å². The van der Waals surface area contributed by atoms with Gasteiger partial charge in [0, 0.05) is 31.6 Å². The standard InChI is InChI=1S/C34H35N9O9/c1-4-42-22(13-17(2)40-42)31(48)39-34-37-20-14-18(29(35)46)15-24(51-3)28(20)41(34)12-6-11-36-26(45)16-52-23-8-5-7-19-27(23)33(50)43(32(19)49)21-9-10-25(44)38-30(21)47/h5,7-8,13-15,21H,4,6,9-12,16H2,1-3H3,(H2,35,46)(H,36,45)(H,37,39,48)(H,38,44,47). The van der Waals surface area contributed by atoms with Crippen LogP contribution in [0.4, 0.5) is 5.95 Å². The fourth-order valence-electron chi connectivity index (χ4n) is 6.24. The monoisotopic (exact) mass is 713 g/mol. The smallest absolute Gasteiger partial charge is 0.276 e. The first-order chi connectivity index (χ1) is 24.9. The topological polar surface area (TPSA) is 239 Å². The lowest BCUT2D eigenvalue weighted by Gasteiger charge is -2.27. The molecule has 2 aliphatic heterocycles. The van der Waals surface area contributed by atoms with Crippen molar-refractivity contribution in [1.29, 1.82) is 0 Å². The van der Waals surface area contributed by atoms with E-state index >= 15 is 0 Å². The summed E-state index contributed by atoms with van der Waals surface area (Å²) < 4.78 is 14.5. The predicted octanol–water partition coefficient (Wildman–Crippen LogP) is 0.907. The van der Waals surface area contributed by atoms with Crippen LogP contribution in [0.5, 0.6) is 11.5 Å². The summed E-state index contributed by atoms with van der Waals surface area (Å²) in [6, 6.07) is 7.85. The molecule has 1 atom stereocenters. The molecule has 1 fully saturated rings. The molecule has 18 heteroatoms. The third-order valence-corrected chi connectivity index (χ3v) is 8.64. The molecule has 0 saturated carbocycles. The first-order valence-electron chi connectivity index (χ1n) is 16.4. The van der Waals surface area contributed by atoms with Gasteiger partial charge < -0.3 is 25.1 Å². The second-order valence-corrected chi connectivity index (χ2v) is 12.1. The van der Waals surface area contributed by atoms with Crippen molar-refractivity contribution in [3.05, 3.63) is 64.5 Å². The molecular weight excluding hydrogens is 678 g/mol. The van der Waals surface area contributed by atoms with Crippen molar-refractivity contribution >= 4 is 58.3 Å². The lowest BCUT2D eigenvalue weighted by atomic mass is 10.0. The molecule has 4 heterocycles. The van der Waals surface area contributed by atoms with Crippen LogP contribution in [0, 0.1) is 6.92 Å². The van der Waals surface area contributed by atoms with Gasteiger partial charge in [-0.2, -0.15) is 5.10 Å². The van der Waals surface area contributed by atoms with E-state index in [4.69, 9.17) is 15.2 Å². The molecule has 52 heavy (non-hydrogen) atoms. The number of hydrogen-bond donors (Lipinski definition) is 4. The molecular formula is C34H35N9O9. The van der Waals surface area contributed by atoms with E-state index in [0.717, 1.165) is 4.90 Å². The number of imide groups is 2. The largest absolute Gasteiger partial charge is 0.494 e. The summed E-state index contributed by atoms with van der Waals surface area (Å²) in [6.07, 6.45) is 0.333. The lowest BCUT2D eigenvalue weighted by Crippen LogP contribution is -2.54. The maximum absolute atomic E-state index is 13.3. The van der Waals surface area contributed by atoms with Crippen LogP contribution >= 0.6 is 0 Å². The van der Waals surface area contributed by atoms with Gasteiger partial charge in [-0.3, -0.25) is 53.8 Å². The van der Waals surface area contributed by atoms with Gasteiger partial charge in [0.1, 0.15) is 28.8 Å². The van der Waals surface area contributed by atoms with Gasteiger partial charge in [-0.25, -0.2) is 4.98 Å². The van der Waals surface area contributed by atoms with Gasteiger partial charge in [0.25, 0.3) is 23.6 Å². The number of benzene rings is 2. The molecule has 0 bridgehead atoms. The first kappa shape index (κ1) is 35.2. The molecule has 2 aromatic carbocycles. The maximum atomic E-state index is 13.3. The molecule has 1 saturated heterocycles. The number of hydrogen-bond acceptors (Lipinski definition) is 11. The van der Waals surface area contributed by atoms with Gasteiger partial charge in [-0.1, -0.05) is 6.07 Å². The van der Waals surface area contributed by atoms with Crippen LogP contribution in [0.3, 0.4) is 0 Å². The Morgan fingerprint density at radius 3 is 2.58 bits per heavy atom. The minimum absolute atomic E-state index is 0.00284. The lowest BCUT2D eigenvalue weighted by molar-refractivity contribution is -0.136.